The highest BCUT2D eigenvalue weighted by atomic mass is 16.4. The van der Waals surface area contributed by atoms with Crippen LogP contribution in [-0.4, -0.2) is 48.9 Å². The first-order chi connectivity index (χ1) is 8.59. The first kappa shape index (κ1) is 11.8. The monoisotopic (exact) mass is 249 g/mol. The lowest BCUT2D eigenvalue weighted by atomic mass is 10.3. The number of carboxylic acid groups (broad SMARTS) is 1. The molecule has 1 amide bonds. The van der Waals surface area contributed by atoms with E-state index in [1.165, 1.54) is 11.2 Å². The van der Waals surface area contributed by atoms with Crippen molar-refractivity contribution in [2.24, 2.45) is 0 Å². The van der Waals surface area contributed by atoms with Crippen molar-refractivity contribution in [3.8, 4) is 0 Å². The molecule has 8 nitrogen and oxygen atoms in total. The summed E-state index contributed by atoms with van der Waals surface area (Å²) in [5, 5.41) is 8.88. The SMILES string of the molecule is CN(Cc1ncc[nH]1)C(=O)c1nc[nH]c1C(=O)O. The third-order valence-corrected chi connectivity index (χ3v) is 2.34. The minimum atomic E-state index is -1.22. The molecule has 0 unspecified atom stereocenters. The van der Waals surface area contributed by atoms with Gasteiger partial charge >= 0.3 is 5.97 Å². The van der Waals surface area contributed by atoms with Crippen molar-refractivity contribution < 1.29 is 14.7 Å². The van der Waals surface area contributed by atoms with Gasteiger partial charge in [-0.15, -0.1) is 0 Å². The summed E-state index contributed by atoms with van der Waals surface area (Å²) in [4.78, 5) is 37.2. The number of nitrogens with zero attached hydrogens (tertiary/aromatic N) is 3. The van der Waals surface area contributed by atoms with Gasteiger partial charge in [0.15, 0.2) is 11.4 Å². The Kier molecular flexibility index (Phi) is 3.09. The Hall–Kier alpha value is -2.64. The number of carbonyl (C=O) groups is 2. The van der Waals surface area contributed by atoms with E-state index in [1.54, 1.807) is 19.4 Å². The Bertz CT molecular complexity index is 560. The number of carbonyl (C=O) groups excluding carboxylic acids is 1. The van der Waals surface area contributed by atoms with E-state index in [-0.39, 0.29) is 17.9 Å². The summed E-state index contributed by atoms with van der Waals surface area (Å²) in [6.07, 6.45) is 4.40. The first-order valence-corrected chi connectivity index (χ1v) is 5.10. The van der Waals surface area contributed by atoms with Crippen LogP contribution in [0.4, 0.5) is 0 Å². The summed E-state index contributed by atoms with van der Waals surface area (Å²) < 4.78 is 0. The number of hydrogen-bond donors (Lipinski definition) is 3. The van der Waals surface area contributed by atoms with Crippen LogP contribution in [-0.2, 0) is 6.54 Å². The highest BCUT2D eigenvalue weighted by Crippen LogP contribution is 2.08. The minimum Gasteiger partial charge on any atom is -0.477 e. The molecule has 18 heavy (non-hydrogen) atoms. The molecule has 0 aliphatic heterocycles. The molecule has 0 aromatic carbocycles. The molecule has 0 saturated carbocycles. The second kappa shape index (κ2) is 4.70. The molecule has 3 N–H and O–H groups in total. The van der Waals surface area contributed by atoms with Crippen molar-refractivity contribution in [2.75, 3.05) is 7.05 Å². The van der Waals surface area contributed by atoms with Crippen molar-refractivity contribution in [1.29, 1.82) is 0 Å². The van der Waals surface area contributed by atoms with Gasteiger partial charge in [0.2, 0.25) is 0 Å². The fourth-order valence-electron chi connectivity index (χ4n) is 1.48. The lowest BCUT2D eigenvalue weighted by molar-refractivity contribution is 0.0673. The Morgan fingerprint density at radius 2 is 2.17 bits per heavy atom. The molecule has 0 aliphatic rings. The molecule has 2 aromatic heterocycles. The summed E-state index contributed by atoms with van der Waals surface area (Å²) in [5.41, 5.74) is -0.331. The largest absolute Gasteiger partial charge is 0.477 e. The van der Waals surface area contributed by atoms with Gasteiger partial charge in [-0.3, -0.25) is 4.79 Å². The predicted octanol–water partition coefficient (Wildman–Crippen LogP) is 0.103. The fourth-order valence-corrected chi connectivity index (χ4v) is 1.48. The molecule has 8 heteroatoms. The molecule has 2 rings (SSSR count). The molecular formula is C10H11N5O3. The molecule has 94 valence electrons. The molecule has 0 spiro atoms. The van der Waals surface area contributed by atoms with E-state index in [4.69, 9.17) is 5.11 Å². The number of aromatic carboxylic acids is 1. The third kappa shape index (κ3) is 2.21. The van der Waals surface area contributed by atoms with E-state index < -0.39 is 11.9 Å². The van der Waals surface area contributed by atoms with Gasteiger partial charge < -0.3 is 20.0 Å². The van der Waals surface area contributed by atoms with Crippen LogP contribution in [0.3, 0.4) is 0 Å². The summed E-state index contributed by atoms with van der Waals surface area (Å²) >= 11 is 0. The van der Waals surface area contributed by atoms with Crippen LogP contribution in [0, 0.1) is 0 Å². The van der Waals surface area contributed by atoms with Crippen LogP contribution in [0.1, 0.15) is 26.8 Å². The molecule has 0 fully saturated rings. The maximum Gasteiger partial charge on any atom is 0.354 e. The van der Waals surface area contributed by atoms with Gasteiger partial charge in [-0.05, 0) is 0 Å². The van der Waals surface area contributed by atoms with Gasteiger partial charge in [-0.2, -0.15) is 0 Å². The summed E-state index contributed by atoms with van der Waals surface area (Å²) in [6.45, 7) is 0.248. The van der Waals surface area contributed by atoms with Gasteiger partial charge in [0.25, 0.3) is 5.91 Å². The van der Waals surface area contributed by atoms with Crippen molar-refractivity contribution >= 4 is 11.9 Å². The van der Waals surface area contributed by atoms with Crippen molar-refractivity contribution in [3.63, 3.8) is 0 Å². The van der Waals surface area contributed by atoms with Crippen LogP contribution < -0.4 is 0 Å². The predicted molar refractivity (Wildman–Crippen MR) is 59.9 cm³/mol. The van der Waals surface area contributed by atoms with Crippen LogP contribution >= 0.6 is 0 Å². The zero-order valence-corrected chi connectivity index (χ0v) is 9.54. The zero-order valence-electron chi connectivity index (χ0n) is 9.54. The normalized spacial score (nSPS) is 10.3. The highest BCUT2D eigenvalue weighted by Gasteiger charge is 2.22. The number of amides is 1. The molecule has 2 heterocycles. The van der Waals surface area contributed by atoms with Crippen molar-refractivity contribution in [2.45, 2.75) is 6.54 Å². The van der Waals surface area contributed by atoms with E-state index in [2.05, 4.69) is 19.9 Å². The van der Waals surface area contributed by atoms with Crippen LogP contribution in [0.5, 0.6) is 0 Å². The lowest BCUT2D eigenvalue weighted by Crippen LogP contribution is -2.28. The molecule has 0 bridgehead atoms. The first-order valence-electron chi connectivity index (χ1n) is 5.10. The molecule has 0 aliphatic carbocycles. The van der Waals surface area contributed by atoms with E-state index in [1.807, 2.05) is 0 Å². The topological polar surface area (TPSA) is 115 Å². The van der Waals surface area contributed by atoms with E-state index in [0.29, 0.717) is 5.82 Å². The number of nitrogens with one attached hydrogen (secondary N) is 2. The molecule has 0 radical (unpaired) electrons. The van der Waals surface area contributed by atoms with E-state index >= 15 is 0 Å². The van der Waals surface area contributed by atoms with E-state index in [9.17, 15) is 9.59 Å². The van der Waals surface area contributed by atoms with Crippen LogP contribution in [0.2, 0.25) is 0 Å². The molecule has 0 saturated heterocycles. The smallest absolute Gasteiger partial charge is 0.354 e. The van der Waals surface area contributed by atoms with Crippen LogP contribution in [0.15, 0.2) is 18.7 Å². The average molecular weight is 249 g/mol. The second-order valence-corrected chi connectivity index (χ2v) is 3.63. The minimum absolute atomic E-state index is 0.114. The van der Waals surface area contributed by atoms with Gasteiger partial charge in [-0.25, -0.2) is 14.8 Å². The van der Waals surface area contributed by atoms with Crippen molar-refractivity contribution in [1.82, 2.24) is 24.8 Å². The van der Waals surface area contributed by atoms with Crippen LogP contribution in [0.25, 0.3) is 0 Å². The Labute approximate surface area is 102 Å². The fraction of sp³-hybridized carbons (Fsp3) is 0.200. The number of aromatic nitrogens is 4. The Morgan fingerprint density at radius 1 is 1.39 bits per heavy atom. The number of hydrogen-bond acceptors (Lipinski definition) is 4. The molecule has 0 atom stereocenters. The van der Waals surface area contributed by atoms with Gasteiger partial charge in [-0.1, -0.05) is 0 Å². The number of rotatable bonds is 4. The van der Waals surface area contributed by atoms with Crippen molar-refractivity contribution in [3.05, 3.63) is 35.9 Å². The van der Waals surface area contributed by atoms with Gasteiger partial charge in [0.1, 0.15) is 5.82 Å². The zero-order chi connectivity index (χ0) is 13.1. The second-order valence-electron chi connectivity index (χ2n) is 3.63. The summed E-state index contributed by atoms with van der Waals surface area (Å²) in [6, 6.07) is 0. The Morgan fingerprint density at radius 3 is 2.78 bits per heavy atom. The standard InChI is InChI=1S/C10H11N5O3/c1-15(4-6-11-2-3-12-6)9(16)7-8(10(17)18)14-5-13-7/h2-3,5H,4H2,1H3,(H,11,12)(H,13,14)(H,17,18). The maximum atomic E-state index is 12.0. The highest BCUT2D eigenvalue weighted by molar-refractivity contribution is 6.02. The lowest BCUT2D eigenvalue weighted by Gasteiger charge is -2.14. The Balaban J connectivity index is 2.15. The summed E-state index contributed by atoms with van der Waals surface area (Å²) in [7, 11) is 1.55. The van der Waals surface area contributed by atoms with Gasteiger partial charge in [0, 0.05) is 19.4 Å². The van der Waals surface area contributed by atoms with Gasteiger partial charge in [0.05, 0.1) is 12.9 Å². The molecule has 2 aromatic rings. The third-order valence-electron chi connectivity index (χ3n) is 2.34. The average Bonchev–Trinajstić information content (AvgIpc) is 2.97. The molecular weight excluding hydrogens is 238 g/mol. The maximum absolute atomic E-state index is 12.0. The number of aromatic amines is 2. The number of carboxylic acids is 1. The number of H-pyrrole nitrogens is 2. The quantitative estimate of drug-likeness (QED) is 0.711. The van der Waals surface area contributed by atoms with E-state index in [0.717, 1.165) is 0 Å². The number of imidazole rings is 2. The summed E-state index contributed by atoms with van der Waals surface area (Å²) in [5.74, 6) is -1.09.